The lowest BCUT2D eigenvalue weighted by Crippen LogP contribution is -2.37. The van der Waals surface area contributed by atoms with Gasteiger partial charge in [0.1, 0.15) is 0 Å². The summed E-state index contributed by atoms with van der Waals surface area (Å²) in [6.07, 6.45) is 2.52. The second-order valence-electron chi connectivity index (χ2n) is 7.26. The first kappa shape index (κ1) is 13.2. The number of methoxy groups -OCH3 is 1. The average molecular weight is 286 g/mol. The molecule has 0 aromatic heterocycles. The van der Waals surface area contributed by atoms with E-state index in [1.807, 2.05) is 0 Å². The van der Waals surface area contributed by atoms with Crippen LogP contribution in [0.2, 0.25) is 0 Å². The Bertz CT molecular complexity index is 430. The number of halogens is 3. The zero-order chi connectivity index (χ0) is 14.1. The summed E-state index contributed by atoms with van der Waals surface area (Å²) >= 11 is 0. The lowest BCUT2D eigenvalue weighted by molar-refractivity contribution is -0.219. The highest BCUT2D eigenvalue weighted by atomic mass is 19.4. The maximum absolute atomic E-state index is 12.9. The third-order valence-electron chi connectivity index (χ3n) is 6.57. The minimum absolute atomic E-state index is 0.172. The molecule has 0 spiro atoms. The van der Waals surface area contributed by atoms with Crippen LogP contribution in [0.25, 0.3) is 0 Å². The summed E-state index contributed by atoms with van der Waals surface area (Å²) < 4.78 is 43.4. The van der Waals surface area contributed by atoms with Gasteiger partial charge in [0.05, 0.1) is 0 Å². The minimum Gasteiger partial charge on any atom is -0.372 e. The fourth-order valence-electron chi connectivity index (χ4n) is 6.06. The van der Waals surface area contributed by atoms with Crippen LogP contribution < -0.4 is 0 Å². The van der Waals surface area contributed by atoms with E-state index in [9.17, 15) is 13.2 Å². The van der Waals surface area contributed by atoms with Gasteiger partial charge in [0.2, 0.25) is 0 Å². The maximum atomic E-state index is 12.9. The molecule has 0 aliphatic heterocycles. The van der Waals surface area contributed by atoms with Crippen molar-refractivity contribution >= 4 is 0 Å². The largest absolute Gasteiger partial charge is 0.414 e. The molecule has 0 aromatic rings. The Morgan fingerprint density at radius 1 is 1.10 bits per heavy atom. The van der Waals surface area contributed by atoms with Crippen molar-refractivity contribution in [2.24, 2.45) is 41.4 Å². The first-order valence-corrected chi connectivity index (χ1v) is 7.77. The van der Waals surface area contributed by atoms with E-state index in [1.54, 1.807) is 0 Å². The third kappa shape index (κ3) is 1.73. The van der Waals surface area contributed by atoms with Gasteiger partial charge in [-0.3, -0.25) is 0 Å². The summed E-state index contributed by atoms with van der Waals surface area (Å²) in [7, 11) is 1.19. The quantitative estimate of drug-likeness (QED) is 0.562. The Morgan fingerprint density at radius 3 is 2.45 bits per heavy atom. The Balaban J connectivity index is 1.49. The molecule has 0 radical (unpaired) electrons. The highest BCUT2D eigenvalue weighted by molar-refractivity contribution is 5.20. The Labute approximate surface area is 117 Å². The molecular formula is C16H21F3O. The zero-order valence-corrected chi connectivity index (χ0v) is 11.6. The highest BCUT2D eigenvalue weighted by Crippen LogP contribution is 2.67. The molecule has 112 valence electrons. The van der Waals surface area contributed by atoms with Crippen LogP contribution in [0.15, 0.2) is 12.2 Å². The molecule has 4 heteroatoms. The van der Waals surface area contributed by atoms with E-state index >= 15 is 0 Å². The van der Waals surface area contributed by atoms with Crippen molar-refractivity contribution in [1.29, 1.82) is 0 Å². The van der Waals surface area contributed by atoms with Crippen molar-refractivity contribution in [3.8, 4) is 0 Å². The van der Waals surface area contributed by atoms with Gasteiger partial charge in [0, 0.05) is 7.11 Å². The van der Waals surface area contributed by atoms with Crippen molar-refractivity contribution in [1.82, 2.24) is 0 Å². The molecule has 4 bridgehead atoms. The molecule has 1 nitrogen and oxygen atoms in total. The first-order chi connectivity index (χ1) is 9.49. The number of hydrogen-bond donors (Lipinski definition) is 0. The Kier molecular flexibility index (Phi) is 2.80. The van der Waals surface area contributed by atoms with E-state index in [0.717, 1.165) is 18.3 Å². The molecule has 0 aromatic carbocycles. The van der Waals surface area contributed by atoms with E-state index < -0.39 is 12.3 Å². The second kappa shape index (κ2) is 4.25. The maximum Gasteiger partial charge on any atom is 0.414 e. The molecule has 0 N–H and O–H groups in total. The highest BCUT2D eigenvalue weighted by Gasteiger charge is 2.61. The Morgan fingerprint density at radius 2 is 1.80 bits per heavy atom. The molecule has 0 saturated heterocycles. The third-order valence-corrected chi connectivity index (χ3v) is 6.57. The van der Waals surface area contributed by atoms with E-state index in [1.165, 1.54) is 20.0 Å². The molecule has 4 aliphatic rings. The SMILES string of the molecule is COC(CC1CC2CC1C1C3C=CC(C3)C21)C(F)(F)F. The number of rotatable bonds is 3. The summed E-state index contributed by atoms with van der Waals surface area (Å²) in [6.45, 7) is 0. The molecule has 20 heavy (non-hydrogen) atoms. The summed E-state index contributed by atoms with van der Waals surface area (Å²) in [5, 5.41) is 0. The van der Waals surface area contributed by atoms with Crippen LogP contribution in [0, 0.1) is 41.4 Å². The van der Waals surface area contributed by atoms with Gasteiger partial charge in [0.25, 0.3) is 0 Å². The molecule has 8 unspecified atom stereocenters. The fraction of sp³-hybridized carbons (Fsp3) is 0.875. The van der Waals surface area contributed by atoms with Gasteiger partial charge in [-0.2, -0.15) is 13.2 Å². The number of fused-ring (bicyclic) bond motifs is 9. The standard InChI is InChI=1S/C16H21F3O/c1-20-13(16(17,18)19)7-10-5-11-6-12(10)15-9-3-2-8(4-9)14(11)15/h2-3,8-15H,4-7H2,1H3. The fourth-order valence-corrected chi connectivity index (χ4v) is 6.06. The van der Waals surface area contributed by atoms with Crippen LogP contribution in [0.5, 0.6) is 0 Å². The zero-order valence-electron chi connectivity index (χ0n) is 11.6. The molecule has 8 atom stereocenters. The number of allylic oxidation sites excluding steroid dienone is 2. The van der Waals surface area contributed by atoms with Gasteiger partial charge in [-0.25, -0.2) is 0 Å². The summed E-state index contributed by atoms with van der Waals surface area (Å²) in [6, 6.07) is 0. The molecular weight excluding hydrogens is 265 g/mol. The predicted molar refractivity (Wildman–Crippen MR) is 68.9 cm³/mol. The van der Waals surface area contributed by atoms with E-state index in [4.69, 9.17) is 4.74 Å². The van der Waals surface area contributed by atoms with Crippen LogP contribution in [-0.2, 0) is 4.74 Å². The van der Waals surface area contributed by atoms with Gasteiger partial charge in [0.15, 0.2) is 6.10 Å². The minimum atomic E-state index is -4.22. The number of hydrogen-bond acceptors (Lipinski definition) is 1. The van der Waals surface area contributed by atoms with Crippen molar-refractivity contribution in [2.75, 3.05) is 7.11 Å². The summed E-state index contributed by atoms with van der Waals surface area (Å²) in [5.41, 5.74) is 0. The lowest BCUT2D eigenvalue weighted by Gasteiger charge is -2.38. The van der Waals surface area contributed by atoms with Crippen LogP contribution in [-0.4, -0.2) is 19.4 Å². The second-order valence-corrected chi connectivity index (χ2v) is 7.26. The molecule has 4 rings (SSSR count). The monoisotopic (exact) mass is 286 g/mol. The molecule has 3 saturated carbocycles. The van der Waals surface area contributed by atoms with Crippen LogP contribution in [0.4, 0.5) is 13.2 Å². The smallest absolute Gasteiger partial charge is 0.372 e. The number of alkyl halides is 3. The van der Waals surface area contributed by atoms with Crippen molar-refractivity contribution in [3.63, 3.8) is 0 Å². The van der Waals surface area contributed by atoms with Gasteiger partial charge < -0.3 is 4.74 Å². The van der Waals surface area contributed by atoms with Crippen molar-refractivity contribution < 1.29 is 17.9 Å². The Hall–Kier alpha value is -0.510. The van der Waals surface area contributed by atoms with Gasteiger partial charge in [-0.1, -0.05) is 12.2 Å². The van der Waals surface area contributed by atoms with Gasteiger partial charge in [-0.15, -0.1) is 0 Å². The van der Waals surface area contributed by atoms with Gasteiger partial charge in [-0.05, 0) is 67.1 Å². The molecule has 0 amide bonds. The molecule has 0 heterocycles. The van der Waals surface area contributed by atoms with E-state index in [0.29, 0.717) is 23.7 Å². The molecule has 4 aliphatic carbocycles. The normalized spacial score (nSPS) is 49.9. The topological polar surface area (TPSA) is 9.23 Å². The van der Waals surface area contributed by atoms with E-state index in [-0.39, 0.29) is 12.3 Å². The molecule has 3 fully saturated rings. The van der Waals surface area contributed by atoms with Crippen LogP contribution >= 0.6 is 0 Å². The van der Waals surface area contributed by atoms with Crippen molar-refractivity contribution in [3.05, 3.63) is 12.2 Å². The van der Waals surface area contributed by atoms with E-state index in [2.05, 4.69) is 12.2 Å². The van der Waals surface area contributed by atoms with Gasteiger partial charge >= 0.3 is 6.18 Å². The van der Waals surface area contributed by atoms with Crippen molar-refractivity contribution in [2.45, 2.75) is 38.0 Å². The predicted octanol–water partition coefficient (Wildman–Crippen LogP) is 4.05. The summed E-state index contributed by atoms with van der Waals surface area (Å²) in [5.74, 6) is 4.29. The first-order valence-electron chi connectivity index (χ1n) is 7.77. The lowest BCUT2D eigenvalue weighted by atomic mass is 9.68. The summed E-state index contributed by atoms with van der Waals surface area (Å²) in [4.78, 5) is 0. The number of ether oxygens (including phenoxy) is 1. The average Bonchev–Trinajstić information content (AvgIpc) is 3.11. The van der Waals surface area contributed by atoms with Crippen LogP contribution in [0.1, 0.15) is 25.7 Å². The van der Waals surface area contributed by atoms with Crippen LogP contribution in [0.3, 0.4) is 0 Å².